The smallest absolute Gasteiger partial charge is 0.241 e. The van der Waals surface area contributed by atoms with E-state index in [1.807, 2.05) is 0 Å². The zero-order valence-corrected chi connectivity index (χ0v) is 13.9. The number of hydrogen-bond donors (Lipinski definition) is 1. The van der Waals surface area contributed by atoms with Crippen LogP contribution in [0, 0.1) is 17.3 Å². The second kappa shape index (κ2) is 6.05. The summed E-state index contributed by atoms with van der Waals surface area (Å²) in [6.07, 6.45) is 6.69. The number of carbonyl (C=O) groups is 1. The van der Waals surface area contributed by atoms with E-state index in [-0.39, 0.29) is 12.2 Å². The lowest BCUT2D eigenvalue weighted by atomic mass is 9.82. The molecule has 1 heterocycles. The molecule has 1 aliphatic heterocycles. The van der Waals surface area contributed by atoms with Gasteiger partial charge >= 0.3 is 0 Å². The van der Waals surface area contributed by atoms with E-state index in [9.17, 15) is 4.79 Å². The van der Waals surface area contributed by atoms with Crippen LogP contribution in [-0.4, -0.2) is 29.6 Å². The van der Waals surface area contributed by atoms with Crippen LogP contribution < -0.4 is 5.32 Å². The van der Waals surface area contributed by atoms with Gasteiger partial charge in [-0.05, 0) is 36.5 Å². The normalized spacial score (nSPS) is 29.9. The van der Waals surface area contributed by atoms with Crippen molar-refractivity contribution in [1.29, 1.82) is 0 Å². The molecule has 116 valence electrons. The SMILES string of the molecule is CCC1(CN2C(=O)C(C(C)C)NC2C(C)C)CCCC1. The lowest BCUT2D eigenvalue weighted by Gasteiger charge is -2.36. The first-order valence-corrected chi connectivity index (χ1v) is 8.47. The quantitative estimate of drug-likeness (QED) is 0.837. The molecule has 20 heavy (non-hydrogen) atoms. The van der Waals surface area contributed by atoms with Crippen molar-refractivity contribution < 1.29 is 4.79 Å². The molecule has 0 aromatic carbocycles. The molecule has 0 aromatic rings. The van der Waals surface area contributed by atoms with Crippen molar-refractivity contribution in [2.45, 2.75) is 78.9 Å². The summed E-state index contributed by atoms with van der Waals surface area (Å²) in [7, 11) is 0. The highest BCUT2D eigenvalue weighted by molar-refractivity contribution is 5.84. The minimum absolute atomic E-state index is 0.0118. The summed E-state index contributed by atoms with van der Waals surface area (Å²) in [6, 6.07) is 0.0118. The fraction of sp³-hybridized carbons (Fsp3) is 0.941. The zero-order chi connectivity index (χ0) is 14.9. The highest BCUT2D eigenvalue weighted by Crippen LogP contribution is 2.42. The molecule has 1 saturated heterocycles. The molecule has 0 bridgehead atoms. The molecular formula is C17H32N2O. The van der Waals surface area contributed by atoms with Crippen molar-refractivity contribution in [3.8, 4) is 0 Å². The van der Waals surface area contributed by atoms with Crippen LogP contribution in [-0.2, 0) is 4.79 Å². The molecule has 2 fully saturated rings. The first-order chi connectivity index (χ1) is 9.40. The fourth-order valence-electron chi connectivity index (χ4n) is 3.98. The van der Waals surface area contributed by atoms with Gasteiger partial charge in [-0.15, -0.1) is 0 Å². The van der Waals surface area contributed by atoms with E-state index in [4.69, 9.17) is 0 Å². The van der Waals surface area contributed by atoms with Crippen LogP contribution in [0.5, 0.6) is 0 Å². The number of hydrogen-bond acceptors (Lipinski definition) is 2. The number of carbonyl (C=O) groups excluding carboxylic acids is 1. The maximum Gasteiger partial charge on any atom is 0.241 e. The summed E-state index contributed by atoms with van der Waals surface area (Å²) in [4.78, 5) is 14.9. The van der Waals surface area contributed by atoms with Crippen LogP contribution in [0.3, 0.4) is 0 Å². The molecule has 0 aromatic heterocycles. The first kappa shape index (κ1) is 15.8. The summed E-state index contributed by atoms with van der Waals surface area (Å²) >= 11 is 0. The highest BCUT2D eigenvalue weighted by Gasteiger charge is 2.45. The van der Waals surface area contributed by atoms with E-state index in [0.717, 1.165) is 6.54 Å². The molecule has 1 saturated carbocycles. The Morgan fingerprint density at radius 2 is 1.80 bits per heavy atom. The first-order valence-electron chi connectivity index (χ1n) is 8.47. The van der Waals surface area contributed by atoms with Crippen molar-refractivity contribution in [3.05, 3.63) is 0 Å². The van der Waals surface area contributed by atoms with Gasteiger partial charge in [-0.3, -0.25) is 10.1 Å². The third-order valence-corrected chi connectivity index (χ3v) is 5.45. The molecular weight excluding hydrogens is 248 g/mol. The van der Waals surface area contributed by atoms with Crippen molar-refractivity contribution >= 4 is 5.91 Å². The molecule has 0 radical (unpaired) electrons. The average molecular weight is 280 g/mol. The van der Waals surface area contributed by atoms with Crippen molar-refractivity contribution in [2.75, 3.05) is 6.54 Å². The Bertz CT molecular complexity index is 345. The molecule has 1 aliphatic carbocycles. The zero-order valence-electron chi connectivity index (χ0n) is 13.9. The highest BCUT2D eigenvalue weighted by atomic mass is 16.2. The number of amides is 1. The maximum atomic E-state index is 12.8. The summed E-state index contributed by atoms with van der Waals surface area (Å²) in [5, 5.41) is 3.58. The van der Waals surface area contributed by atoms with Gasteiger partial charge in [0.15, 0.2) is 0 Å². The second-order valence-corrected chi connectivity index (χ2v) is 7.60. The number of nitrogens with one attached hydrogen (secondary N) is 1. The fourth-order valence-corrected chi connectivity index (χ4v) is 3.98. The molecule has 0 spiro atoms. The maximum absolute atomic E-state index is 12.8. The monoisotopic (exact) mass is 280 g/mol. The standard InChI is InChI=1S/C17H32N2O/c1-6-17(9-7-8-10-17)11-19-15(13(4)5)18-14(12(2)3)16(19)20/h12-15,18H,6-11H2,1-5H3. The number of nitrogens with zero attached hydrogens (tertiary/aromatic N) is 1. The summed E-state index contributed by atoms with van der Waals surface area (Å²) in [6.45, 7) is 12.0. The molecule has 1 N–H and O–H groups in total. The van der Waals surface area contributed by atoms with Crippen molar-refractivity contribution in [1.82, 2.24) is 10.2 Å². The van der Waals surface area contributed by atoms with Crippen LogP contribution in [0.2, 0.25) is 0 Å². The number of rotatable bonds is 5. The lowest BCUT2D eigenvalue weighted by Crippen LogP contribution is -2.46. The van der Waals surface area contributed by atoms with Crippen LogP contribution >= 0.6 is 0 Å². The van der Waals surface area contributed by atoms with Crippen LogP contribution in [0.4, 0.5) is 0 Å². The Hall–Kier alpha value is -0.570. The second-order valence-electron chi connectivity index (χ2n) is 7.60. The molecule has 2 unspecified atom stereocenters. The Morgan fingerprint density at radius 1 is 1.20 bits per heavy atom. The van der Waals surface area contributed by atoms with Gasteiger partial charge in [0.1, 0.15) is 0 Å². The van der Waals surface area contributed by atoms with Gasteiger partial charge in [0.25, 0.3) is 0 Å². The molecule has 1 amide bonds. The van der Waals surface area contributed by atoms with E-state index in [0.29, 0.717) is 23.2 Å². The van der Waals surface area contributed by atoms with Gasteiger partial charge in [-0.25, -0.2) is 0 Å². The minimum Gasteiger partial charge on any atom is -0.325 e. The third kappa shape index (κ3) is 2.88. The van der Waals surface area contributed by atoms with Crippen LogP contribution in [0.15, 0.2) is 0 Å². The Balaban J connectivity index is 2.16. The van der Waals surface area contributed by atoms with E-state index in [1.165, 1.54) is 32.1 Å². The largest absolute Gasteiger partial charge is 0.325 e. The summed E-state index contributed by atoms with van der Waals surface area (Å²) in [5.74, 6) is 1.17. The van der Waals surface area contributed by atoms with Crippen LogP contribution in [0.1, 0.15) is 66.7 Å². The third-order valence-electron chi connectivity index (χ3n) is 5.45. The molecule has 2 aliphatic rings. The Morgan fingerprint density at radius 3 is 2.25 bits per heavy atom. The van der Waals surface area contributed by atoms with Gasteiger partial charge in [0.2, 0.25) is 5.91 Å². The molecule has 2 rings (SSSR count). The predicted molar refractivity (Wildman–Crippen MR) is 83.3 cm³/mol. The van der Waals surface area contributed by atoms with Crippen molar-refractivity contribution in [3.63, 3.8) is 0 Å². The van der Waals surface area contributed by atoms with E-state index >= 15 is 0 Å². The lowest BCUT2D eigenvalue weighted by molar-refractivity contribution is -0.132. The van der Waals surface area contributed by atoms with E-state index in [2.05, 4.69) is 44.8 Å². The molecule has 3 heteroatoms. The van der Waals surface area contributed by atoms with Gasteiger partial charge in [-0.2, -0.15) is 0 Å². The Kier molecular flexibility index (Phi) is 4.78. The van der Waals surface area contributed by atoms with E-state index in [1.54, 1.807) is 0 Å². The molecule has 3 nitrogen and oxygen atoms in total. The van der Waals surface area contributed by atoms with Gasteiger partial charge < -0.3 is 4.90 Å². The van der Waals surface area contributed by atoms with E-state index < -0.39 is 0 Å². The van der Waals surface area contributed by atoms with Gasteiger partial charge in [0.05, 0.1) is 12.2 Å². The van der Waals surface area contributed by atoms with Gasteiger partial charge in [0, 0.05) is 6.54 Å². The average Bonchev–Trinajstić information content (AvgIpc) is 2.97. The van der Waals surface area contributed by atoms with Crippen LogP contribution in [0.25, 0.3) is 0 Å². The summed E-state index contributed by atoms with van der Waals surface area (Å²) < 4.78 is 0. The summed E-state index contributed by atoms with van der Waals surface area (Å²) in [5.41, 5.74) is 0.385. The Labute approximate surface area is 124 Å². The molecule has 2 atom stereocenters. The van der Waals surface area contributed by atoms with Gasteiger partial charge in [-0.1, -0.05) is 47.5 Å². The van der Waals surface area contributed by atoms with Crippen molar-refractivity contribution in [2.24, 2.45) is 17.3 Å². The topological polar surface area (TPSA) is 32.3 Å². The minimum atomic E-state index is 0.0118. The predicted octanol–water partition coefficient (Wildman–Crippen LogP) is 3.40.